The van der Waals surface area contributed by atoms with Crippen molar-refractivity contribution in [2.24, 2.45) is 5.73 Å². The van der Waals surface area contributed by atoms with Crippen molar-refractivity contribution in [1.29, 1.82) is 0 Å². The molecule has 0 radical (unpaired) electrons. The Kier molecular flexibility index (Phi) is 3.44. The van der Waals surface area contributed by atoms with Crippen LogP contribution in [0.4, 0.5) is 4.39 Å². The van der Waals surface area contributed by atoms with Gasteiger partial charge in [-0.25, -0.2) is 4.39 Å². The van der Waals surface area contributed by atoms with Crippen LogP contribution in [0.5, 0.6) is 0 Å². The monoisotopic (exact) mass is 285 g/mol. The number of carbonyl (C=O) groups is 2. The second kappa shape index (κ2) is 4.89. The van der Waals surface area contributed by atoms with E-state index in [0.717, 1.165) is 13.0 Å². The number of ketones is 1. The molecule has 2 rings (SSSR count). The first kappa shape index (κ1) is 13.4. The molecule has 100 valence electrons. The Morgan fingerprint density at radius 3 is 2.79 bits per heavy atom. The first-order valence-corrected chi connectivity index (χ1v) is 5.62. The van der Waals surface area contributed by atoms with Crippen molar-refractivity contribution < 1.29 is 23.5 Å². The van der Waals surface area contributed by atoms with Crippen LogP contribution in [0.1, 0.15) is 18.6 Å². The molecule has 1 aromatic rings. The van der Waals surface area contributed by atoms with E-state index in [1.807, 2.05) is 0 Å². The summed E-state index contributed by atoms with van der Waals surface area (Å²) in [6, 6.07) is 3.70. The second-order valence-electron chi connectivity index (χ2n) is 3.82. The predicted molar refractivity (Wildman–Crippen MR) is 63.2 cm³/mol. The fourth-order valence-electron chi connectivity index (χ4n) is 1.61. The first-order valence-electron chi connectivity index (χ1n) is 5.24. The minimum atomic E-state index is -1.09. The second-order valence-corrected chi connectivity index (χ2v) is 4.23. The smallest absolute Gasteiger partial charge is 0.308 e. The Bertz CT molecular complexity index is 599. The number of hydrogen-bond donors (Lipinski definition) is 1. The van der Waals surface area contributed by atoms with Gasteiger partial charge >= 0.3 is 5.97 Å². The highest BCUT2D eigenvalue weighted by atomic mass is 35.5. The topological polar surface area (TPSA) is 78.6 Å². The highest BCUT2D eigenvalue weighted by Crippen LogP contribution is 2.33. The van der Waals surface area contributed by atoms with Crippen LogP contribution in [0, 0.1) is 5.82 Å². The zero-order chi connectivity index (χ0) is 14.2. The molecule has 0 amide bonds. The summed E-state index contributed by atoms with van der Waals surface area (Å²) in [7, 11) is 0. The molecule has 0 saturated heterocycles. The van der Waals surface area contributed by atoms with Crippen molar-refractivity contribution >= 4 is 23.4 Å². The molecule has 1 aromatic carbocycles. The van der Waals surface area contributed by atoms with Gasteiger partial charge in [0.1, 0.15) is 5.82 Å². The van der Waals surface area contributed by atoms with Crippen LogP contribution in [0.2, 0.25) is 5.02 Å². The lowest BCUT2D eigenvalue weighted by Crippen LogP contribution is -2.13. The standard InChI is InChI=1S/C12H9ClFNO4/c1-5(16)18-11-9(17)10(19-12(11)15)6-2-3-8(14)7(13)4-6/h2-4,10H,15H2,1H3. The molecule has 0 aromatic heterocycles. The maximum Gasteiger partial charge on any atom is 0.308 e. The Morgan fingerprint density at radius 2 is 2.21 bits per heavy atom. The number of Topliss-reactive ketones (excluding diaryl/α,β-unsaturated/α-hetero) is 1. The molecule has 1 aliphatic rings. The molecular formula is C12H9ClFNO4. The van der Waals surface area contributed by atoms with Crippen LogP contribution in [0.3, 0.4) is 0 Å². The number of halogens is 2. The van der Waals surface area contributed by atoms with E-state index in [0.29, 0.717) is 5.56 Å². The quantitative estimate of drug-likeness (QED) is 0.839. The number of rotatable bonds is 2. The SMILES string of the molecule is CC(=O)OC1=C(N)OC(c2ccc(F)c(Cl)c2)C1=O. The van der Waals surface area contributed by atoms with E-state index in [9.17, 15) is 14.0 Å². The lowest BCUT2D eigenvalue weighted by atomic mass is 10.1. The van der Waals surface area contributed by atoms with Crippen molar-refractivity contribution in [1.82, 2.24) is 0 Å². The van der Waals surface area contributed by atoms with Gasteiger partial charge < -0.3 is 15.2 Å². The predicted octanol–water partition coefficient (Wildman–Crippen LogP) is 1.81. The van der Waals surface area contributed by atoms with Crippen LogP contribution < -0.4 is 5.73 Å². The van der Waals surface area contributed by atoms with Gasteiger partial charge in [-0.2, -0.15) is 0 Å². The minimum Gasteiger partial charge on any atom is -0.460 e. The van der Waals surface area contributed by atoms with E-state index in [2.05, 4.69) is 4.74 Å². The van der Waals surface area contributed by atoms with Crippen LogP contribution in [-0.2, 0) is 19.1 Å². The van der Waals surface area contributed by atoms with Crippen LogP contribution in [0.25, 0.3) is 0 Å². The molecule has 1 heterocycles. The molecule has 0 bridgehead atoms. The van der Waals surface area contributed by atoms with Gasteiger partial charge in [0.05, 0.1) is 5.02 Å². The molecule has 0 spiro atoms. The van der Waals surface area contributed by atoms with Crippen molar-refractivity contribution in [2.45, 2.75) is 13.0 Å². The van der Waals surface area contributed by atoms with Crippen LogP contribution >= 0.6 is 11.6 Å². The van der Waals surface area contributed by atoms with Gasteiger partial charge in [0.25, 0.3) is 0 Å². The van der Waals surface area contributed by atoms with Crippen molar-refractivity contribution in [3.05, 3.63) is 46.2 Å². The molecule has 0 saturated carbocycles. The summed E-state index contributed by atoms with van der Waals surface area (Å²) in [4.78, 5) is 22.8. The Labute approximate surface area is 112 Å². The summed E-state index contributed by atoms with van der Waals surface area (Å²) in [6.45, 7) is 1.13. The maximum absolute atomic E-state index is 13.0. The van der Waals surface area contributed by atoms with Gasteiger partial charge in [-0.3, -0.25) is 9.59 Å². The van der Waals surface area contributed by atoms with Gasteiger partial charge in [0, 0.05) is 12.5 Å². The zero-order valence-electron chi connectivity index (χ0n) is 9.78. The Hall–Kier alpha value is -2.08. The zero-order valence-corrected chi connectivity index (χ0v) is 10.5. The molecule has 19 heavy (non-hydrogen) atoms. The molecule has 0 aliphatic carbocycles. The van der Waals surface area contributed by atoms with Crippen LogP contribution in [0.15, 0.2) is 29.8 Å². The number of benzene rings is 1. The van der Waals surface area contributed by atoms with Gasteiger partial charge in [-0.05, 0) is 12.1 Å². The molecule has 0 fully saturated rings. The number of esters is 1. The fourth-order valence-corrected chi connectivity index (χ4v) is 1.80. The molecule has 1 atom stereocenters. The van der Waals surface area contributed by atoms with E-state index in [4.69, 9.17) is 22.1 Å². The van der Waals surface area contributed by atoms with Gasteiger partial charge in [-0.1, -0.05) is 17.7 Å². The lowest BCUT2D eigenvalue weighted by molar-refractivity contribution is -0.140. The molecule has 1 unspecified atom stereocenters. The minimum absolute atomic E-state index is 0.145. The number of nitrogens with two attached hydrogens (primary N) is 1. The number of hydrogen-bond acceptors (Lipinski definition) is 5. The first-order chi connectivity index (χ1) is 8.90. The average molecular weight is 286 g/mol. The van der Waals surface area contributed by atoms with Crippen molar-refractivity contribution in [3.63, 3.8) is 0 Å². The third-order valence-electron chi connectivity index (χ3n) is 2.42. The third-order valence-corrected chi connectivity index (χ3v) is 2.71. The van der Waals surface area contributed by atoms with Crippen molar-refractivity contribution in [2.75, 3.05) is 0 Å². The molecular weight excluding hydrogens is 277 g/mol. The normalized spacial score (nSPS) is 18.5. The molecule has 2 N–H and O–H groups in total. The molecule has 7 heteroatoms. The van der Waals surface area contributed by atoms with E-state index in [-0.39, 0.29) is 16.7 Å². The lowest BCUT2D eigenvalue weighted by Gasteiger charge is -2.10. The van der Waals surface area contributed by atoms with Gasteiger partial charge in [-0.15, -0.1) is 0 Å². The van der Waals surface area contributed by atoms with E-state index >= 15 is 0 Å². The largest absolute Gasteiger partial charge is 0.460 e. The summed E-state index contributed by atoms with van der Waals surface area (Å²) < 4.78 is 22.8. The average Bonchev–Trinajstić information content (AvgIpc) is 2.60. The van der Waals surface area contributed by atoms with E-state index in [1.54, 1.807) is 0 Å². The van der Waals surface area contributed by atoms with E-state index in [1.165, 1.54) is 12.1 Å². The Morgan fingerprint density at radius 1 is 1.53 bits per heavy atom. The van der Waals surface area contributed by atoms with Gasteiger partial charge in [0.15, 0.2) is 6.10 Å². The maximum atomic E-state index is 13.0. The fraction of sp³-hybridized carbons (Fsp3) is 0.167. The van der Waals surface area contributed by atoms with Gasteiger partial charge in [0.2, 0.25) is 17.4 Å². The molecule has 5 nitrogen and oxygen atoms in total. The highest BCUT2D eigenvalue weighted by molar-refractivity contribution is 6.30. The summed E-state index contributed by atoms with van der Waals surface area (Å²) in [5.74, 6) is -2.55. The number of ether oxygens (including phenoxy) is 2. The summed E-state index contributed by atoms with van der Waals surface area (Å²) >= 11 is 5.62. The summed E-state index contributed by atoms with van der Waals surface area (Å²) in [6.07, 6.45) is -1.09. The number of carbonyl (C=O) groups excluding carboxylic acids is 2. The summed E-state index contributed by atoms with van der Waals surface area (Å²) in [5, 5.41) is -0.145. The van der Waals surface area contributed by atoms with Crippen molar-refractivity contribution in [3.8, 4) is 0 Å². The van der Waals surface area contributed by atoms with E-state index < -0.39 is 23.7 Å². The molecule has 1 aliphatic heterocycles. The Balaban J connectivity index is 2.28. The highest BCUT2D eigenvalue weighted by Gasteiger charge is 2.38. The van der Waals surface area contributed by atoms with Crippen LogP contribution in [-0.4, -0.2) is 11.8 Å². The third kappa shape index (κ3) is 2.53. The summed E-state index contributed by atoms with van der Waals surface area (Å²) in [5.41, 5.74) is 5.79.